The number of carbonyl (C=O) groups excluding carboxylic acids is 1. The quantitative estimate of drug-likeness (QED) is 0.696. The average Bonchev–Trinajstić information content (AvgIpc) is 2.40. The van der Waals surface area contributed by atoms with Crippen molar-refractivity contribution in [3.05, 3.63) is 63.2 Å². The lowest BCUT2D eigenvalue weighted by molar-refractivity contribution is -0.384. The Morgan fingerprint density at radius 2 is 2.10 bits per heavy atom. The van der Waals surface area contributed by atoms with Gasteiger partial charge in [0.25, 0.3) is 11.6 Å². The molecule has 0 saturated heterocycles. The standard InChI is InChI=1S/C12H7ClFN3O3/c13-7-3-4-15-10(5-7)12(18)16-9-2-1-8(14)6-11(9)17(19)20/h1-6H,(H,16,18). The summed E-state index contributed by atoms with van der Waals surface area (Å²) in [5, 5.41) is 13.4. The van der Waals surface area contributed by atoms with Crippen molar-refractivity contribution in [2.45, 2.75) is 0 Å². The zero-order valence-electron chi connectivity index (χ0n) is 9.84. The smallest absolute Gasteiger partial charge is 0.295 e. The van der Waals surface area contributed by atoms with E-state index in [1.54, 1.807) is 0 Å². The number of hydrogen-bond acceptors (Lipinski definition) is 4. The van der Waals surface area contributed by atoms with Crippen molar-refractivity contribution in [2.75, 3.05) is 5.32 Å². The molecule has 0 radical (unpaired) electrons. The van der Waals surface area contributed by atoms with Crippen LogP contribution < -0.4 is 5.32 Å². The van der Waals surface area contributed by atoms with E-state index >= 15 is 0 Å². The van der Waals surface area contributed by atoms with Gasteiger partial charge in [-0.3, -0.25) is 19.9 Å². The Bertz CT molecular complexity index is 693. The third-order valence-corrected chi connectivity index (χ3v) is 2.59. The Labute approximate surface area is 117 Å². The number of nitro benzene ring substituents is 1. The highest BCUT2D eigenvalue weighted by Gasteiger charge is 2.18. The summed E-state index contributed by atoms with van der Waals surface area (Å²) < 4.78 is 13.0. The second kappa shape index (κ2) is 5.62. The largest absolute Gasteiger partial charge is 0.315 e. The molecule has 1 N–H and O–H groups in total. The van der Waals surface area contributed by atoms with Gasteiger partial charge in [-0.05, 0) is 24.3 Å². The van der Waals surface area contributed by atoms with E-state index < -0.39 is 22.3 Å². The van der Waals surface area contributed by atoms with Crippen molar-refractivity contribution in [1.82, 2.24) is 4.98 Å². The van der Waals surface area contributed by atoms with E-state index in [1.165, 1.54) is 18.3 Å². The van der Waals surface area contributed by atoms with Gasteiger partial charge in [-0.25, -0.2) is 4.39 Å². The first-order chi connectivity index (χ1) is 9.47. The van der Waals surface area contributed by atoms with Crippen molar-refractivity contribution < 1.29 is 14.1 Å². The van der Waals surface area contributed by atoms with Gasteiger partial charge in [0.2, 0.25) is 0 Å². The van der Waals surface area contributed by atoms with Gasteiger partial charge in [0, 0.05) is 11.2 Å². The fourth-order valence-electron chi connectivity index (χ4n) is 1.48. The molecule has 0 spiro atoms. The van der Waals surface area contributed by atoms with Crippen LogP contribution in [-0.4, -0.2) is 15.8 Å². The van der Waals surface area contributed by atoms with E-state index in [9.17, 15) is 19.3 Å². The molecule has 0 aliphatic heterocycles. The highest BCUT2D eigenvalue weighted by Crippen LogP contribution is 2.25. The molecule has 0 fully saturated rings. The number of benzene rings is 1. The second-order valence-electron chi connectivity index (χ2n) is 3.73. The van der Waals surface area contributed by atoms with Crippen LogP contribution in [0.25, 0.3) is 0 Å². The van der Waals surface area contributed by atoms with Gasteiger partial charge in [-0.15, -0.1) is 0 Å². The number of anilines is 1. The monoisotopic (exact) mass is 295 g/mol. The molecule has 2 rings (SSSR count). The first-order valence-corrected chi connectivity index (χ1v) is 5.72. The zero-order chi connectivity index (χ0) is 14.7. The van der Waals surface area contributed by atoms with E-state index in [0.29, 0.717) is 5.02 Å². The maximum absolute atomic E-state index is 13.0. The lowest BCUT2D eigenvalue weighted by atomic mass is 10.2. The molecule has 1 amide bonds. The molecule has 1 aromatic heterocycles. The molecule has 1 heterocycles. The van der Waals surface area contributed by atoms with E-state index in [-0.39, 0.29) is 11.4 Å². The molecule has 0 aliphatic carbocycles. The molecular weight excluding hydrogens is 289 g/mol. The first kappa shape index (κ1) is 13.9. The molecule has 0 unspecified atom stereocenters. The summed E-state index contributed by atoms with van der Waals surface area (Å²) in [4.78, 5) is 25.7. The third kappa shape index (κ3) is 3.07. The van der Waals surface area contributed by atoms with Crippen molar-refractivity contribution in [1.29, 1.82) is 0 Å². The third-order valence-electron chi connectivity index (χ3n) is 2.36. The number of nitrogens with zero attached hydrogens (tertiary/aromatic N) is 2. The van der Waals surface area contributed by atoms with Crippen LogP contribution in [-0.2, 0) is 0 Å². The number of aromatic nitrogens is 1. The Hall–Kier alpha value is -2.54. The molecule has 20 heavy (non-hydrogen) atoms. The number of nitro groups is 1. The Kier molecular flexibility index (Phi) is 3.90. The molecule has 0 saturated carbocycles. The highest BCUT2D eigenvalue weighted by atomic mass is 35.5. The van der Waals surface area contributed by atoms with Gasteiger partial charge in [0.05, 0.1) is 11.0 Å². The fraction of sp³-hybridized carbons (Fsp3) is 0. The van der Waals surface area contributed by atoms with Crippen molar-refractivity contribution >= 4 is 28.9 Å². The molecule has 1 aromatic carbocycles. The van der Waals surface area contributed by atoms with Gasteiger partial charge in [-0.1, -0.05) is 11.6 Å². The average molecular weight is 296 g/mol. The topological polar surface area (TPSA) is 85.1 Å². The fourth-order valence-corrected chi connectivity index (χ4v) is 1.64. The van der Waals surface area contributed by atoms with Gasteiger partial charge >= 0.3 is 0 Å². The highest BCUT2D eigenvalue weighted by molar-refractivity contribution is 6.31. The summed E-state index contributed by atoms with van der Waals surface area (Å²) in [7, 11) is 0. The lowest BCUT2D eigenvalue weighted by Crippen LogP contribution is -2.14. The Balaban J connectivity index is 2.30. The Morgan fingerprint density at radius 1 is 1.35 bits per heavy atom. The molecule has 0 aliphatic rings. The zero-order valence-corrected chi connectivity index (χ0v) is 10.6. The van der Waals surface area contributed by atoms with Crippen molar-refractivity contribution in [3.63, 3.8) is 0 Å². The summed E-state index contributed by atoms with van der Waals surface area (Å²) in [6.07, 6.45) is 1.33. The van der Waals surface area contributed by atoms with Crippen LogP contribution in [0.3, 0.4) is 0 Å². The van der Waals surface area contributed by atoms with Gasteiger partial charge in [0.15, 0.2) is 0 Å². The number of rotatable bonds is 3. The first-order valence-electron chi connectivity index (χ1n) is 5.34. The SMILES string of the molecule is O=C(Nc1ccc(F)cc1[N+](=O)[O-])c1cc(Cl)ccn1. The number of amides is 1. The van der Waals surface area contributed by atoms with Crippen molar-refractivity contribution in [2.24, 2.45) is 0 Å². The van der Waals surface area contributed by atoms with Crippen LogP contribution in [0.5, 0.6) is 0 Å². The van der Waals surface area contributed by atoms with E-state index in [4.69, 9.17) is 11.6 Å². The predicted octanol–water partition coefficient (Wildman–Crippen LogP) is 3.03. The number of carbonyl (C=O) groups is 1. The number of pyridine rings is 1. The maximum Gasteiger partial charge on any atom is 0.295 e. The van der Waals surface area contributed by atoms with Gasteiger partial charge in [-0.2, -0.15) is 0 Å². The van der Waals surface area contributed by atoms with E-state index in [0.717, 1.165) is 18.2 Å². The summed E-state index contributed by atoms with van der Waals surface area (Å²) in [5.41, 5.74) is -0.667. The normalized spacial score (nSPS) is 10.1. The number of halogens is 2. The molecule has 8 heteroatoms. The minimum atomic E-state index is -0.788. The van der Waals surface area contributed by atoms with E-state index in [2.05, 4.69) is 10.3 Å². The van der Waals surface area contributed by atoms with Crippen LogP contribution in [0.2, 0.25) is 5.02 Å². The maximum atomic E-state index is 13.0. The predicted molar refractivity (Wildman–Crippen MR) is 70.3 cm³/mol. The summed E-state index contributed by atoms with van der Waals surface area (Å²) >= 11 is 5.72. The Morgan fingerprint density at radius 3 is 2.75 bits per heavy atom. The van der Waals surface area contributed by atoms with E-state index in [1.807, 2.05) is 0 Å². The summed E-state index contributed by atoms with van der Waals surface area (Å²) in [6.45, 7) is 0. The molecule has 102 valence electrons. The molecule has 0 bridgehead atoms. The second-order valence-corrected chi connectivity index (χ2v) is 4.17. The summed E-state index contributed by atoms with van der Waals surface area (Å²) in [5.74, 6) is -1.45. The lowest BCUT2D eigenvalue weighted by Gasteiger charge is -2.05. The van der Waals surface area contributed by atoms with Gasteiger partial charge < -0.3 is 5.32 Å². The van der Waals surface area contributed by atoms with Crippen LogP contribution in [0, 0.1) is 15.9 Å². The van der Waals surface area contributed by atoms with Crippen LogP contribution in [0.4, 0.5) is 15.8 Å². The number of hydrogen-bond donors (Lipinski definition) is 1. The minimum absolute atomic E-state index is 0.00359. The molecule has 6 nitrogen and oxygen atoms in total. The molecule has 0 atom stereocenters. The van der Waals surface area contributed by atoms with Crippen LogP contribution in [0.15, 0.2) is 36.5 Å². The minimum Gasteiger partial charge on any atom is -0.315 e. The van der Waals surface area contributed by atoms with Crippen LogP contribution >= 0.6 is 11.6 Å². The van der Waals surface area contributed by atoms with Crippen LogP contribution in [0.1, 0.15) is 10.5 Å². The van der Waals surface area contributed by atoms with Gasteiger partial charge in [0.1, 0.15) is 17.2 Å². The number of nitrogens with one attached hydrogen (secondary N) is 1. The van der Waals surface area contributed by atoms with Crippen molar-refractivity contribution in [3.8, 4) is 0 Å². The molecule has 2 aromatic rings. The molecular formula is C12H7ClFN3O3. The summed E-state index contributed by atoms with van der Waals surface area (Å²) in [6, 6.07) is 5.63.